The average Bonchev–Trinajstić information content (AvgIpc) is 3.19. The molecular weight excluding hydrogens is 318 g/mol. The molecule has 1 aromatic carbocycles. The van der Waals surface area contributed by atoms with Crippen molar-refractivity contribution < 1.29 is 0 Å². The fraction of sp³-hybridized carbons (Fsp3) is 0.478. The van der Waals surface area contributed by atoms with E-state index in [-0.39, 0.29) is 0 Å². The lowest BCUT2D eigenvalue weighted by molar-refractivity contribution is 0.297. The number of rotatable bonds is 4. The van der Waals surface area contributed by atoms with Crippen molar-refractivity contribution >= 4 is 5.70 Å². The van der Waals surface area contributed by atoms with E-state index in [1.807, 2.05) is 0 Å². The van der Waals surface area contributed by atoms with Gasteiger partial charge in [-0.25, -0.2) is 0 Å². The summed E-state index contributed by atoms with van der Waals surface area (Å²) in [6.07, 6.45) is 7.27. The van der Waals surface area contributed by atoms with Crippen LogP contribution >= 0.6 is 0 Å². The lowest BCUT2D eigenvalue weighted by Gasteiger charge is -2.36. The molecule has 0 radical (unpaired) electrons. The Morgan fingerprint density at radius 3 is 2.81 bits per heavy atom. The van der Waals surface area contributed by atoms with Crippen LogP contribution in [0.3, 0.4) is 0 Å². The highest BCUT2D eigenvalue weighted by Crippen LogP contribution is 2.38. The summed E-state index contributed by atoms with van der Waals surface area (Å²) in [5.41, 5.74) is 7.47. The largest absolute Gasteiger partial charge is 0.362 e. The molecule has 138 valence electrons. The van der Waals surface area contributed by atoms with Gasteiger partial charge in [0.05, 0.1) is 6.04 Å². The minimum atomic E-state index is 0.312. The van der Waals surface area contributed by atoms with Gasteiger partial charge in [-0.2, -0.15) is 0 Å². The van der Waals surface area contributed by atoms with Crippen LogP contribution in [0.25, 0.3) is 5.70 Å². The van der Waals surface area contributed by atoms with E-state index >= 15 is 0 Å². The van der Waals surface area contributed by atoms with Gasteiger partial charge in [0.2, 0.25) is 0 Å². The predicted molar refractivity (Wildman–Crippen MR) is 109 cm³/mol. The van der Waals surface area contributed by atoms with Crippen molar-refractivity contribution in [2.45, 2.75) is 57.2 Å². The maximum atomic E-state index is 4.39. The quantitative estimate of drug-likeness (QED) is 0.854. The average molecular weight is 350 g/mol. The highest BCUT2D eigenvalue weighted by atomic mass is 15.2. The molecule has 3 atom stereocenters. The molecule has 2 aliphatic heterocycles. The fourth-order valence-electron chi connectivity index (χ4n) is 5.08. The smallest absolute Gasteiger partial charge is 0.0693 e. The molecule has 0 spiro atoms. The van der Waals surface area contributed by atoms with Gasteiger partial charge < -0.3 is 15.5 Å². The number of nitrogens with zero attached hydrogens (tertiary/aromatic N) is 1. The Morgan fingerprint density at radius 1 is 1.19 bits per heavy atom. The second-order valence-corrected chi connectivity index (χ2v) is 8.16. The molecule has 1 saturated heterocycles. The number of hydrogen-bond donors (Lipinski definition) is 2. The van der Waals surface area contributed by atoms with Crippen molar-refractivity contribution in [3.05, 3.63) is 66.0 Å². The predicted octanol–water partition coefficient (Wildman–Crippen LogP) is 4.18. The maximum Gasteiger partial charge on any atom is 0.0693 e. The molecule has 2 N–H and O–H groups in total. The van der Waals surface area contributed by atoms with Crippen LogP contribution in [0.4, 0.5) is 0 Å². The molecular formula is C23H31N3. The third-order valence-corrected chi connectivity index (χ3v) is 6.53. The Morgan fingerprint density at radius 2 is 2.04 bits per heavy atom. The second kappa shape index (κ2) is 6.96. The number of nitrogens with one attached hydrogen (secondary N) is 2. The molecule has 4 rings (SSSR count). The summed E-state index contributed by atoms with van der Waals surface area (Å²) in [5.74, 6) is 0.770. The Bertz CT molecular complexity index is 748. The summed E-state index contributed by atoms with van der Waals surface area (Å²) in [5, 5.41) is 6.85. The van der Waals surface area contributed by atoms with E-state index in [2.05, 4.69) is 60.5 Å². The molecule has 1 saturated carbocycles. The lowest BCUT2D eigenvalue weighted by atomic mass is 9.93. The first-order valence-corrected chi connectivity index (χ1v) is 9.95. The van der Waals surface area contributed by atoms with Gasteiger partial charge in [0, 0.05) is 35.2 Å². The molecule has 3 heteroatoms. The van der Waals surface area contributed by atoms with Crippen LogP contribution in [-0.4, -0.2) is 24.0 Å². The number of fused-ring (bicyclic) bond motifs is 1. The van der Waals surface area contributed by atoms with Gasteiger partial charge in [-0.05, 0) is 56.2 Å². The van der Waals surface area contributed by atoms with Crippen molar-refractivity contribution in [3.8, 4) is 0 Å². The maximum absolute atomic E-state index is 4.39. The molecule has 2 heterocycles. The number of hydrogen-bond acceptors (Lipinski definition) is 3. The summed E-state index contributed by atoms with van der Waals surface area (Å²) in [6.45, 7) is 13.6. The first-order chi connectivity index (χ1) is 12.6. The van der Waals surface area contributed by atoms with E-state index in [1.165, 1.54) is 42.4 Å². The van der Waals surface area contributed by atoms with E-state index in [4.69, 9.17) is 0 Å². The zero-order valence-electron chi connectivity index (χ0n) is 16.0. The third-order valence-electron chi connectivity index (χ3n) is 6.53. The Labute approximate surface area is 157 Å². The van der Waals surface area contributed by atoms with Crippen LogP contribution in [-0.2, 0) is 13.0 Å². The van der Waals surface area contributed by atoms with Crippen molar-refractivity contribution in [1.29, 1.82) is 0 Å². The molecule has 0 aromatic heterocycles. The van der Waals surface area contributed by atoms with Gasteiger partial charge >= 0.3 is 0 Å². The Kier molecular flexibility index (Phi) is 4.66. The summed E-state index contributed by atoms with van der Waals surface area (Å²) < 4.78 is 0. The van der Waals surface area contributed by atoms with Crippen molar-refractivity contribution in [3.63, 3.8) is 0 Å². The van der Waals surface area contributed by atoms with E-state index in [9.17, 15) is 0 Å². The minimum Gasteiger partial charge on any atom is -0.362 e. The molecule has 0 amide bonds. The number of allylic oxidation sites excluding steroid dienone is 1. The molecule has 1 aliphatic carbocycles. The van der Waals surface area contributed by atoms with Crippen LogP contribution in [0.1, 0.15) is 48.8 Å². The summed E-state index contributed by atoms with van der Waals surface area (Å²) >= 11 is 0. The van der Waals surface area contributed by atoms with Gasteiger partial charge in [-0.15, -0.1) is 0 Å². The van der Waals surface area contributed by atoms with Gasteiger partial charge in [0.15, 0.2) is 0 Å². The van der Waals surface area contributed by atoms with Crippen molar-refractivity contribution in [2.75, 3.05) is 7.05 Å². The summed E-state index contributed by atoms with van der Waals surface area (Å²) in [7, 11) is 2.10. The fourth-order valence-corrected chi connectivity index (χ4v) is 5.08. The molecule has 3 unspecified atom stereocenters. The molecule has 26 heavy (non-hydrogen) atoms. The molecule has 3 aliphatic rings. The van der Waals surface area contributed by atoms with E-state index < -0.39 is 0 Å². The minimum absolute atomic E-state index is 0.312. The zero-order chi connectivity index (χ0) is 18.3. The number of piperidine rings is 1. The van der Waals surface area contributed by atoms with Crippen molar-refractivity contribution in [1.82, 2.24) is 15.5 Å². The normalized spacial score (nSPS) is 28.4. The van der Waals surface area contributed by atoms with Crippen LogP contribution in [0.2, 0.25) is 0 Å². The Hall–Kier alpha value is -2.00. The number of benzene rings is 1. The van der Waals surface area contributed by atoms with Crippen LogP contribution in [0.15, 0.2) is 49.3 Å². The molecule has 1 aromatic rings. The molecule has 0 bridgehead atoms. The third kappa shape index (κ3) is 3.09. The standard InChI is InChI=1S/C23H31N3/c1-15-8-11-23(16(2)25-15)26-14-20-13-18(9-10-21(20)17(26)3)12-19-6-5-7-22(19)24-4/h9-10,13,19,22-25H,1-3,5-8,11-12,14H2,4H3. The van der Waals surface area contributed by atoms with Crippen LogP contribution < -0.4 is 10.6 Å². The monoisotopic (exact) mass is 349 g/mol. The summed E-state index contributed by atoms with van der Waals surface area (Å²) in [4.78, 5) is 2.42. The summed E-state index contributed by atoms with van der Waals surface area (Å²) in [6, 6.07) is 8.01. The zero-order valence-corrected chi connectivity index (χ0v) is 16.0. The van der Waals surface area contributed by atoms with Crippen molar-refractivity contribution in [2.24, 2.45) is 5.92 Å². The van der Waals surface area contributed by atoms with Crippen LogP contribution in [0, 0.1) is 5.92 Å². The first-order valence-electron chi connectivity index (χ1n) is 9.95. The molecule has 2 fully saturated rings. The van der Waals surface area contributed by atoms with Gasteiger partial charge in [-0.3, -0.25) is 0 Å². The second-order valence-electron chi connectivity index (χ2n) is 8.16. The highest BCUT2D eigenvalue weighted by molar-refractivity contribution is 5.70. The topological polar surface area (TPSA) is 27.3 Å². The Balaban J connectivity index is 1.50. The molecule has 3 nitrogen and oxygen atoms in total. The highest BCUT2D eigenvalue weighted by Gasteiger charge is 2.32. The van der Waals surface area contributed by atoms with Gasteiger partial charge in [-0.1, -0.05) is 44.4 Å². The first kappa shape index (κ1) is 17.4. The van der Waals surface area contributed by atoms with Gasteiger partial charge in [0.25, 0.3) is 0 Å². The lowest BCUT2D eigenvalue weighted by Crippen LogP contribution is -2.39. The van der Waals surface area contributed by atoms with E-state index in [1.54, 1.807) is 0 Å². The van der Waals surface area contributed by atoms with E-state index in [0.717, 1.165) is 42.4 Å². The van der Waals surface area contributed by atoms with Crippen LogP contribution in [0.5, 0.6) is 0 Å². The van der Waals surface area contributed by atoms with E-state index in [0.29, 0.717) is 12.1 Å². The SMILES string of the molecule is C=C1CCC(N2Cc3cc(CC4CCCC4NC)ccc3C2=C)C(=C)N1. The van der Waals surface area contributed by atoms with Gasteiger partial charge in [0.1, 0.15) is 0 Å².